The lowest BCUT2D eigenvalue weighted by Gasteiger charge is -2.12. The van der Waals surface area contributed by atoms with Crippen molar-refractivity contribution in [1.82, 2.24) is 0 Å². The van der Waals surface area contributed by atoms with Crippen LogP contribution in [-0.2, 0) is 36.7 Å². The van der Waals surface area contributed by atoms with E-state index in [2.05, 4.69) is 11.7 Å². The van der Waals surface area contributed by atoms with Crippen molar-refractivity contribution in [1.29, 1.82) is 0 Å². The molecule has 0 saturated carbocycles. The highest BCUT2D eigenvalue weighted by molar-refractivity contribution is 5.96. The molecule has 114 valence electrons. The summed E-state index contributed by atoms with van der Waals surface area (Å²) in [5, 5.41) is 0. The molecular formula is C16H20O5. The maximum Gasteiger partial charge on any atom is 0.316 e. The maximum atomic E-state index is 11.8. The Hall–Kier alpha value is -2.17. The van der Waals surface area contributed by atoms with Gasteiger partial charge in [0.15, 0.2) is 0 Å². The molecule has 0 spiro atoms. The molecule has 1 aromatic rings. The Balaban J connectivity index is 2.41. The molecule has 21 heavy (non-hydrogen) atoms. The van der Waals surface area contributed by atoms with Gasteiger partial charge in [0.2, 0.25) is 6.29 Å². The van der Waals surface area contributed by atoms with E-state index in [1.807, 2.05) is 24.3 Å². The summed E-state index contributed by atoms with van der Waals surface area (Å²) in [5.41, 5.74) is 2.05. The number of aryl methyl sites for hydroxylation is 1. The van der Waals surface area contributed by atoms with Crippen molar-refractivity contribution in [2.24, 2.45) is 0 Å². The predicted molar refractivity (Wildman–Crippen MR) is 76.5 cm³/mol. The number of hydrogen-bond donors (Lipinski definition) is 0. The standard InChI is InChI=1S/C16H20O5/c1-4-13-5-7-14(8-6-13)9-15(18)10-16(19)21-12(3)20-11(2)17/h5-8,12H,4,9-10H2,1-3H3. The first-order chi connectivity index (χ1) is 9.90. The van der Waals surface area contributed by atoms with Crippen molar-refractivity contribution in [2.45, 2.75) is 46.3 Å². The SMILES string of the molecule is CCc1ccc(CC(=O)CC(=O)OC(C)OC(C)=O)cc1. The monoisotopic (exact) mass is 292 g/mol. The summed E-state index contributed by atoms with van der Waals surface area (Å²) in [6.45, 7) is 4.70. The van der Waals surface area contributed by atoms with Gasteiger partial charge in [-0.25, -0.2) is 0 Å². The van der Waals surface area contributed by atoms with Crippen LogP contribution in [0, 0.1) is 0 Å². The smallest absolute Gasteiger partial charge is 0.316 e. The molecular weight excluding hydrogens is 272 g/mol. The first-order valence-corrected chi connectivity index (χ1v) is 6.87. The van der Waals surface area contributed by atoms with Crippen LogP contribution < -0.4 is 0 Å². The third-order valence-electron chi connectivity index (χ3n) is 2.80. The molecule has 0 heterocycles. The summed E-state index contributed by atoms with van der Waals surface area (Å²) in [6.07, 6.45) is -0.192. The summed E-state index contributed by atoms with van der Waals surface area (Å²) >= 11 is 0. The van der Waals surface area contributed by atoms with Gasteiger partial charge in [-0.05, 0) is 17.5 Å². The van der Waals surface area contributed by atoms with Crippen molar-refractivity contribution in [2.75, 3.05) is 0 Å². The van der Waals surface area contributed by atoms with Crippen LogP contribution in [0.1, 0.15) is 38.3 Å². The molecule has 0 aliphatic heterocycles. The molecule has 0 aromatic heterocycles. The van der Waals surface area contributed by atoms with Crippen LogP contribution in [0.4, 0.5) is 0 Å². The topological polar surface area (TPSA) is 69.7 Å². The van der Waals surface area contributed by atoms with Crippen LogP contribution >= 0.6 is 0 Å². The van der Waals surface area contributed by atoms with Gasteiger partial charge in [0.25, 0.3) is 0 Å². The lowest BCUT2D eigenvalue weighted by atomic mass is 10.0. The molecule has 0 saturated heterocycles. The van der Waals surface area contributed by atoms with E-state index in [1.165, 1.54) is 19.4 Å². The number of hydrogen-bond acceptors (Lipinski definition) is 5. The molecule has 0 amide bonds. The molecule has 0 N–H and O–H groups in total. The first kappa shape index (κ1) is 16.9. The molecule has 0 fully saturated rings. The zero-order chi connectivity index (χ0) is 15.8. The van der Waals surface area contributed by atoms with E-state index in [-0.39, 0.29) is 18.6 Å². The Morgan fingerprint density at radius 3 is 2.14 bits per heavy atom. The minimum absolute atomic E-state index is 0.182. The molecule has 1 rings (SSSR count). The highest BCUT2D eigenvalue weighted by atomic mass is 16.7. The molecule has 0 radical (unpaired) electrons. The second-order valence-corrected chi connectivity index (χ2v) is 4.73. The number of ketones is 1. The van der Waals surface area contributed by atoms with Crippen molar-refractivity contribution in [3.8, 4) is 0 Å². The molecule has 1 aromatic carbocycles. The average molecular weight is 292 g/mol. The molecule has 1 atom stereocenters. The summed E-state index contributed by atoms with van der Waals surface area (Å²) in [7, 11) is 0. The van der Waals surface area contributed by atoms with Gasteiger partial charge in [-0.1, -0.05) is 31.2 Å². The zero-order valence-electron chi connectivity index (χ0n) is 12.5. The quantitative estimate of drug-likeness (QED) is 0.438. The molecule has 1 unspecified atom stereocenters. The minimum atomic E-state index is -0.980. The van der Waals surface area contributed by atoms with Crippen LogP contribution in [0.3, 0.4) is 0 Å². The van der Waals surface area contributed by atoms with E-state index in [0.717, 1.165) is 12.0 Å². The zero-order valence-corrected chi connectivity index (χ0v) is 12.5. The predicted octanol–water partition coefficient (Wildman–Crippen LogP) is 2.20. The highest BCUT2D eigenvalue weighted by Gasteiger charge is 2.15. The van der Waals surface area contributed by atoms with E-state index >= 15 is 0 Å². The second-order valence-electron chi connectivity index (χ2n) is 4.73. The normalized spacial score (nSPS) is 11.6. The molecule has 0 aliphatic rings. The number of benzene rings is 1. The molecule has 0 aliphatic carbocycles. The molecule has 5 heteroatoms. The van der Waals surface area contributed by atoms with Crippen molar-refractivity contribution in [3.05, 3.63) is 35.4 Å². The van der Waals surface area contributed by atoms with Crippen LogP contribution in [0.25, 0.3) is 0 Å². The van der Waals surface area contributed by atoms with Crippen LogP contribution in [-0.4, -0.2) is 24.0 Å². The maximum absolute atomic E-state index is 11.8. The third-order valence-corrected chi connectivity index (χ3v) is 2.80. The van der Waals surface area contributed by atoms with Gasteiger partial charge in [-0.15, -0.1) is 0 Å². The van der Waals surface area contributed by atoms with Crippen LogP contribution in [0.5, 0.6) is 0 Å². The van der Waals surface area contributed by atoms with Gasteiger partial charge < -0.3 is 9.47 Å². The fraction of sp³-hybridized carbons (Fsp3) is 0.438. The summed E-state index contributed by atoms with van der Waals surface area (Å²) in [4.78, 5) is 33.9. The lowest BCUT2D eigenvalue weighted by Crippen LogP contribution is -2.22. The molecule has 0 bridgehead atoms. The van der Waals surface area contributed by atoms with Crippen LogP contribution in [0.2, 0.25) is 0 Å². The van der Waals surface area contributed by atoms with Crippen molar-refractivity contribution in [3.63, 3.8) is 0 Å². The number of carbonyl (C=O) groups excluding carboxylic acids is 3. The van der Waals surface area contributed by atoms with E-state index in [9.17, 15) is 14.4 Å². The Kier molecular flexibility index (Phi) is 6.59. The van der Waals surface area contributed by atoms with E-state index in [4.69, 9.17) is 4.74 Å². The highest BCUT2D eigenvalue weighted by Crippen LogP contribution is 2.08. The Bertz CT molecular complexity index is 504. The summed E-state index contributed by atoms with van der Waals surface area (Å²) < 4.78 is 9.46. The third kappa shape index (κ3) is 6.70. The number of carbonyl (C=O) groups is 3. The Labute approximate surface area is 124 Å². The number of ether oxygens (including phenoxy) is 2. The Morgan fingerprint density at radius 1 is 1.05 bits per heavy atom. The van der Waals surface area contributed by atoms with Gasteiger partial charge in [0, 0.05) is 20.3 Å². The van der Waals surface area contributed by atoms with Gasteiger partial charge in [-0.3, -0.25) is 14.4 Å². The van der Waals surface area contributed by atoms with Crippen molar-refractivity contribution >= 4 is 17.7 Å². The average Bonchev–Trinajstić information content (AvgIpc) is 2.37. The van der Waals surface area contributed by atoms with Crippen molar-refractivity contribution < 1.29 is 23.9 Å². The van der Waals surface area contributed by atoms with Gasteiger partial charge in [-0.2, -0.15) is 0 Å². The second kappa shape index (κ2) is 8.19. The lowest BCUT2D eigenvalue weighted by molar-refractivity contribution is -0.182. The van der Waals surface area contributed by atoms with E-state index in [1.54, 1.807) is 0 Å². The minimum Gasteiger partial charge on any atom is -0.426 e. The van der Waals surface area contributed by atoms with Gasteiger partial charge in [0.05, 0.1) is 0 Å². The number of Topliss-reactive ketones (excluding diaryl/α,β-unsaturated/α-hetero) is 1. The van der Waals surface area contributed by atoms with Crippen LogP contribution in [0.15, 0.2) is 24.3 Å². The van der Waals surface area contributed by atoms with Gasteiger partial charge in [0.1, 0.15) is 12.2 Å². The first-order valence-electron chi connectivity index (χ1n) is 6.87. The number of esters is 2. The Morgan fingerprint density at radius 2 is 1.62 bits per heavy atom. The summed E-state index contributed by atoms with van der Waals surface area (Å²) in [6, 6.07) is 7.68. The largest absolute Gasteiger partial charge is 0.426 e. The van der Waals surface area contributed by atoms with E-state index < -0.39 is 18.2 Å². The van der Waals surface area contributed by atoms with E-state index in [0.29, 0.717) is 0 Å². The summed E-state index contributed by atoms with van der Waals surface area (Å²) in [5.74, 6) is -1.48. The van der Waals surface area contributed by atoms with Gasteiger partial charge >= 0.3 is 11.9 Å². The fourth-order valence-corrected chi connectivity index (χ4v) is 1.83. The molecule has 5 nitrogen and oxygen atoms in total. The fourth-order valence-electron chi connectivity index (χ4n) is 1.83. The number of rotatable bonds is 7.